The Bertz CT molecular complexity index is 375. The zero-order valence-corrected chi connectivity index (χ0v) is 11.4. The molecule has 1 aromatic carbocycles. The van der Waals surface area contributed by atoms with Gasteiger partial charge in [-0.3, -0.25) is 4.90 Å². The lowest BCUT2D eigenvalue weighted by Gasteiger charge is -2.35. The lowest BCUT2D eigenvalue weighted by Crippen LogP contribution is -2.45. The van der Waals surface area contributed by atoms with E-state index in [1.165, 1.54) is 43.5 Å². The van der Waals surface area contributed by atoms with Crippen molar-refractivity contribution in [1.29, 1.82) is 0 Å². The Morgan fingerprint density at radius 2 is 1.83 bits per heavy atom. The molecule has 0 unspecified atom stereocenters. The molecule has 0 aromatic heterocycles. The Balaban J connectivity index is 1.76. The molecule has 18 heavy (non-hydrogen) atoms. The van der Waals surface area contributed by atoms with Crippen LogP contribution in [0.15, 0.2) is 24.3 Å². The number of hydrogen-bond acceptors (Lipinski definition) is 2. The van der Waals surface area contributed by atoms with Crippen LogP contribution in [0.4, 0.5) is 0 Å². The smallest absolute Gasteiger partial charge is 0.0351 e. The third-order valence-electron chi connectivity index (χ3n) is 4.31. The highest BCUT2D eigenvalue weighted by Gasteiger charge is 2.30. The molecule has 0 radical (unpaired) electrons. The summed E-state index contributed by atoms with van der Waals surface area (Å²) in [5, 5.41) is 3.46. The summed E-state index contributed by atoms with van der Waals surface area (Å²) in [7, 11) is 0. The first-order valence-electron chi connectivity index (χ1n) is 7.34. The molecule has 3 rings (SSSR count). The van der Waals surface area contributed by atoms with Crippen molar-refractivity contribution in [3.8, 4) is 0 Å². The normalized spacial score (nSPS) is 22.9. The Hall–Kier alpha value is -0.860. The van der Waals surface area contributed by atoms with Crippen LogP contribution in [0.1, 0.15) is 36.4 Å². The fourth-order valence-corrected chi connectivity index (χ4v) is 2.95. The molecule has 0 spiro atoms. The van der Waals surface area contributed by atoms with Crippen molar-refractivity contribution in [3.05, 3.63) is 35.4 Å². The monoisotopic (exact) mass is 244 g/mol. The van der Waals surface area contributed by atoms with E-state index in [-0.39, 0.29) is 0 Å². The quantitative estimate of drug-likeness (QED) is 0.876. The zero-order chi connectivity index (χ0) is 12.4. The lowest BCUT2D eigenvalue weighted by atomic mass is 9.98. The molecule has 2 heteroatoms. The van der Waals surface area contributed by atoms with E-state index in [0.29, 0.717) is 6.04 Å². The maximum Gasteiger partial charge on any atom is 0.0351 e. The fraction of sp³-hybridized carbons (Fsp3) is 0.625. The first-order valence-corrected chi connectivity index (χ1v) is 7.34. The number of nitrogens with zero attached hydrogens (tertiary/aromatic N) is 1. The Morgan fingerprint density at radius 3 is 2.44 bits per heavy atom. The average Bonchev–Trinajstić information content (AvgIpc) is 3.22. The van der Waals surface area contributed by atoms with Gasteiger partial charge in [-0.2, -0.15) is 0 Å². The van der Waals surface area contributed by atoms with Crippen LogP contribution >= 0.6 is 0 Å². The minimum atomic E-state index is 0.653. The van der Waals surface area contributed by atoms with Gasteiger partial charge in [0, 0.05) is 32.2 Å². The molecular formula is C16H24N2. The molecule has 1 saturated heterocycles. The Morgan fingerprint density at radius 1 is 1.17 bits per heavy atom. The standard InChI is InChI=1S/C16H24N2/c1-13-2-6-15(7-3-13)16(12-14-4-5-14)18-10-8-17-9-11-18/h2-3,6-7,14,16-17H,4-5,8-12H2,1H3/t16-/m0/s1. The molecule has 1 atom stereocenters. The van der Waals surface area contributed by atoms with E-state index in [1.54, 1.807) is 0 Å². The SMILES string of the molecule is Cc1ccc([C@H](CC2CC2)N2CCNCC2)cc1. The van der Waals surface area contributed by atoms with Crippen LogP contribution in [0.5, 0.6) is 0 Å². The van der Waals surface area contributed by atoms with Crippen molar-refractivity contribution in [2.75, 3.05) is 26.2 Å². The minimum Gasteiger partial charge on any atom is -0.314 e. The molecule has 0 amide bonds. The maximum atomic E-state index is 3.46. The topological polar surface area (TPSA) is 15.3 Å². The summed E-state index contributed by atoms with van der Waals surface area (Å²) in [6.45, 7) is 6.86. The molecule has 2 fully saturated rings. The van der Waals surface area contributed by atoms with Gasteiger partial charge in [0.05, 0.1) is 0 Å². The van der Waals surface area contributed by atoms with Crippen LogP contribution < -0.4 is 5.32 Å². The molecule has 2 nitrogen and oxygen atoms in total. The van der Waals surface area contributed by atoms with Crippen LogP contribution in [0.2, 0.25) is 0 Å². The Kier molecular flexibility index (Phi) is 3.67. The van der Waals surface area contributed by atoms with Gasteiger partial charge in [0.1, 0.15) is 0 Å². The van der Waals surface area contributed by atoms with Crippen molar-refractivity contribution in [1.82, 2.24) is 10.2 Å². The third kappa shape index (κ3) is 2.93. The van der Waals surface area contributed by atoms with Gasteiger partial charge in [-0.15, -0.1) is 0 Å². The highest BCUT2D eigenvalue weighted by Crippen LogP contribution is 2.40. The lowest BCUT2D eigenvalue weighted by molar-refractivity contribution is 0.160. The van der Waals surface area contributed by atoms with E-state index in [4.69, 9.17) is 0 Å². The predicted molar refractivity (Wildman–Crippen MR) is 75.7 cm³/mol. The molecule has 1 aromatic rings. The van der Waals surface area contributed by atoms with Gasteiger partial charge in [0.2, 0.25) is 0 Å². The van der Waals surface area contributed by atoms with Crippen LogP contribution in [0.25, 0.3) is 0 Å². The molecule has 1 saturated carbocycles. The molecule has 1 aliphatic carbocycles. The summed E-state index contributed by atoms with van der Waals surface area (Å²) in [6, 6.07) is 9.85. The van der Waals surface area contributed by atoms with Crippen molar-refractivity contribution >= 4 is 0 Å². The molecule has 2 aliphatic rings. The highest BCUT2D eigenvalue weighted by molar-refractivity contribution is 5.24. The second kappa shape index (κ2) is 5.41. The number of rotatable bonds is 4. The van der Waals surface area contributed by atoms with Crippen LogP contribution in [-0.4, -0.2) is 31.1 Å². The number of piperazine rings is 1. The first kappa shape index (κ1) is 12.2. The zero-order valence-electron chi connectivity index (χ0n) is 11.4. The maximum absolute atomic E-state index is 3.46. The van der Waals surface area contributed by atoms with Crippen LogP contribution in [0.3, 0.4) is 0 Å². The largest absolute Gasteiger partial charge is 0.314 e. The summed E-state index contributed by atoms with van der Waals surface area (Å²) in [5.41, 5.74) is 2.89. The van der Waals surface area contributed by atoms with E-state index in [9.17, 15) is 0 Å². The second-order valence-electron chi connectivity index (χ2n) is 5.89. The minimum absolute atomic E-state index is 0.653. The summed E-state index contributed by atoms with van der Waals surface area (Å²) in [6.07, 6.45) is 4.27. The van der Waals surface area contributed by atoms with Crippen molar-refractivity contribution in [2.45, 2.75) is 32.2 Å². The number of hydrogen-bond donors (Lipinski definition) is 1. The van der Waals surface area contributed by atoms with Crippen molar-refractivity contribution in [3.63, 3.8) is 0 Å². The number of nitrogens with one attached hydrogen (secondary N) is 1. The van der Waals surface area contributed by atoms with Crippen LogP contribution in [0, 0.1) is 12.8 Å². The van der Waals surface area contributed by atoms with E-state index < -0.39 is 0 Å². The van der Waals surface area contributed by atoms with E-state index in [1.807, 2.05) is 0 Å². The van der Waals surface area contributed by atoms with Gasteiger partial charge >= 0.3 is 0 Å². The second-order valence-corrected chi connectivity index (χ2v) is 5.89. The van der Waals surface area contributed by atoms with Gasteiger partial charge < -0.3 is 5.32 Å². The molecule has 1 aliphatic heterocycles. The van der Waals surface area contributed by atoms with Gasteiger partial charge in [-0.25, -0.2) is 0 Å². The third-order valence-corrected chi connectivity index (χ3v) is 4.31. The molecular weight excluding hydrogens is 220 g/mol. The molecule has 0 bridgehead atoms. The summed E-state index contributed by atoms with van der Waals surface area (Å²) in [5.74, 6) is 0.992. The van der Waals surface area contributed by atoms with Crippen molar-refractivity contribution in [2.24, 2.45) is 5.92 Å². The first-order chi connectivity index (χ1) is 8.83. The molecule has 98 valence electrons. The fourth-order valence-electron chi connectivity index (χ4n) is 2.95. The van der Waals surface area contributed by atoms with Gasteiger partial charge in [0.25, 0.3) is 0 Å². The Labute approximate surface area is 110 Å². The molecule has 1 N–H and O–H groups in total. The predicted octanol–water partition coefficient (Wildman–Crippen LogP) is 2.74. The average molecular weight is 244 g/mol. The number of benzene rings is 1. The van der Waals surface area contributed by atoms with E-state index in [2.05, 4.69) is 41.4 Å². The van der Waals surface area contributed by atoms with E-state index >= 15 is 0 Å². The van der Waals surface area contributed by atoms with Crippen LogP contribution in [-0.2, 0) is 0 Å². The highest BCUT2D eigenvalue weighted by atomic mass is 15.2. The van der Waals surface area contributed by atoms with Gasteiger partial charge in [0.15, 0.2) is 0 Å². The van der Waals surface area contributed by atoms with Gasteiger partial charge in [-0.1, -0.05) is 42.7 Å². The summed E-state index contributed by atoms with van der Waals surface area (Å²) < 4.78 is 0. The van der Waals surface area contributed by atoms with Crippen molar-refractivity contribution < 1.29 is 0 Å². The summed E-state index contributed by atoms with van der Waals surface area (Å²) in [4.78, 5) is 2.68. The number of aryl methyl sites for hydroxylation is 1. The molecule has 1 heterocycles. The summed E-state index contributed by atoms with van der Waals surface area (Å²) >= 11 is 0. The van der Waals surface area contributed by atoms with Gasteiger partial charge in [-0.05, 0) is 24.8 Å². The van der Waals surface area contributed by atoms with E-state index in [0.717, 1.165) is 19.0 Å².